The van der Waals surface area contributed by atoms with Crippen molar-refractivity contribution >= 4 is 0 Å². The van der Waals surface area contributed by atoms with Gasteiger partial charge in [-0.15, -0.1) is 0 Å². The Hall–Kier alpha value is -2.49. The molecule has 0 saturated carbocycles. The van der Waals surface area contributed by atoms with E-state index in [1.807, 2.05) is 12.5 Å². The largest absolute Gasteiger partial charge is 0.327 e. The van der Waals surface area contributed by atoms with Gasteiger partial charge in [-0.05, 0) is 48.6 Å². The zero-order chi connectivity index (χ0) is 15.8. The summed E-state index contributed by atoms with van der Waals surface area (Å²) in [5.41, 5.74) is 3.17. The van der Waals surface area contributed by atoms with Crippen LogP contribution >= 0.6 is 0 Å². The van der Waals surface area contributed by atoms with E-state index in [4.69, 9.17) is 0 Å². The predicted molar refractivity (Wildman–Crippen MR) is 85.1 cm³/mol. The maximum atomic E-state index is 14.2. The molecule has 3 aromatic rings. The number of aromatic nitrogens is 2. The summed E-state index contributed by atoms with van der Waals surface area (Å²) in [5, 5.41) is 0. The molecule has 0 aliphatic carbocycles. The summed E-state index contributed by atoms with van der Waals surface area (Å²) in [6.45, 7) is 0. The molecule has 2 nitrogen and oxygen atoms in total. The van der Waals surface area contributed by atoms with Crippen LogP contribution in [-0.2, 0) is 6.42 Å². The zero-order valence-corrected chi connectivity index (χ0v) is 12.5. The van der Waals surface area contributed by atoms with Gasteiger partial charge >= 0.3 is 0 Å². The third-order valence-corrected chi connectivity index (χ3v) is 4.53. The van der Waals surface area contributed by atoms with Crippen molar-refractivity contribution in [1.82, 2.24) is 9.55 Å². The second-order valence-electron chi connectivity index (χ2n) is 5.91. The van der Waals surface area contributed by atoms with E-state index in [2.05, 4.69) is 9.55 Å². The average Bonchev–Trinajstić information content (AvgIpc) is 3.04. The maximum Gasteiger partial charge on any atom is 0.131 e. The molecule has 116 valence electrons. The smallest absolute Gasteiger partial charge is 0.131 e. The van der Waals surface area contributed by atoms with Crippen LogP contribution in [0.15, 0.2) is 55.0 Å². The van der Waals surface area contributed by atoms with Crippen molar-refractivity contribution in [2.45, 2.75) is 25.3 Å². The van der Waals surface area contributed by atoms with Crippen molar-refractivity contribution in [3.8, 4) is 11.1 Å². The maximum absolute atomic E-state index is 14.2. The quantitative estimate of drug-likeness (QED) is 0.667. The van der Waals surface area contributed by atoms with Crippen molar-refractivity contribution in [3.63, 3.8) is 0 Å². The molecule has 1 aromatic heterocycles. The van der Waals surface area contributed by atoms with E-state index in [9.17, 15) is 8.78 Å². The Morgan fingerprint density at radius 2 is 1.91 bits per heavy atom. The van der Waals surface area contributed by atoms with Gasteiger partial charge in [-0.3, -0.25) is 0 Å². The number of hydrogen-bond acceptors (Lipinski definition) is 1. The van der Waals surface area contributed by atoms with Crippen LogP contribution in [-0.4, -0.2) is 9.55 Å². The second-order valence-corrected chi connectivity index (χ2v) is 5.91. The van der Waals surface area contributed by atoms with Crippen LogP contribution in [0.25, 0.3) is 11.1 Å². The van der Waals surface area contributed by atoms with Crippen LogP contribution in [0.3, 0.4) is 0 Å². The Morgan fingerprint density at radius 1 is 1.04 bits per heavy atom. The van der Waals surface area contributed by atoms with Crippen molar-refractivity contribution in [3.05, 3.63) is 77.9 Å². The highest BCUT2D eigenvalue weighted by Gasteiger charge is 2.24. The first-order valence-corrected chi connectivity index (χ1v) is 7.79. The van der Waals surface area contributed by atoms with Crippen LogP contribution in [0.4, 0.5) is 8.78 Å². The van der Waals surface area contributed by atoms with Gasteiger partial charge in [0.2, 0.25) is 0 Å². The number of hydrogen-bond donors (Lipinski definition) is 0. The molecule has 0 bridgehead atoms. The van der Waals surface area contributed by atoms with E-state index >= 15 is 0 Å². The molecule has 2 aromatic carbocycles. The Balaban J connectivity index is 1.90. The van der Waals surface area contributed by atoms with E-state index in [1.165, 1.54) is 23.9 Å². The van der Waals surface area contributed by atoms with Crippen LogP contribution in [0, 0.1) is 11.6 Å². The number of fused-ring (bicyclic) bond motifs is 1. The molecule has 4 heteroatoms. The van der Waals surface area contributed by atoms with Gasteiger partial charge in [-0.1, -0.05) is 24.3 Å². The highest BCUT2D eigenvalue weighted by atomic mass is 19.1. The molecule has 1 unspecified atom stereocenters. The van der Waals surface area contributed by atoms with E-state index in [1.54, 1.807) is 24.3 Å². The Labute approximate surface area is 133 Å². The van der Waals surface area contributed by atoms with Crippen molar-refractivity contribution in [1.29, 1.82) is 0 Å². The standard InChI is InChI=1S/C19H16F2N2/c20-13-8-9-16(17(10-13)15-5-1-2-6-18(15)21)19-7-3-4-14-11-22-12-23(14)19/h1-2,5-6,8-12,19H,3-4,7H2. The van der Waals surface area contributed by atoms with Gasteiger partial charge in [0.1, 0.15) is 11.6 Å². The third-order valence-electron chi connectivity index (χ3n) is 4.53. The molecule has 1 aliphatic heterocycles. The molecule has 0 fully saturated rings. The molecule has 2 heterocycles. The highest BCUT2D eigenvalue weighted by molar-refractivity contribution is 5.69. The Kier molecular flexibility index (Phi) is 3.45. The van der Waals surface area contributed by atoms with E-state index in [0.29, 0.717) is 11.1 Å². The number of nitrogens with zero attached hydrogens (tertiary/aromatic N) is 2. The normalized spacial score (nSPS) is 17.0. The van der Waals surface area contributed by atoms with E-state index in [0.717, 1.165) is 24.8 Å². The van der Waals surface area contributed by atoms with Gasteiger partial charge in [-0.2, -0.15) is 0 Å². The second kappa shape index (κ2) is 5.61. The fourth-order valence-electron chi connectivity index (χ4n) is 3.46. The molecular weight excluding hydrogens is 294 g/mol. The lowest BCUT2D eigenvalue weighted by Crippen LogP contribution is -2.18. The lowest BCUT2D eigenvalue weighted by Gasteiger charge is -2.28. The van der Waals surface area contributed by atoms with Gasteiger partial charge in [0, 0.05) is 17.5 Å². The lowest BCUT2D eigenvalue weighted by molar-refractivity contribution is 0.457. The summed E-state index contributed by atoms with van der Waals surface area (Å²) in [6, 6.07) is 11.2. The van der Waals surface area contributed by atoms with Gasteiger partial charge in [0.05, 0.1) is 12.4 Å². The molecular formula is C19H16F2N2. The predicted octanol–water partition coefficient (Wildman–Crippen LogP) is 4.75. The van der Waals surface area contributed by atoms with Gasteiger partial charge in [0.25, 0.3) is 0 Å². The first kappa shape index (κ1) is 14.1. The van der Waals surface area contributed by atoms with Crippen LogP contribution in [0.1, 0.15) is 30.1 Å². The number of halogens is 2. The van der Waals surface area contributed by atoms with Gasteiger partial charge in [-0.25, -0.2) is 13.8 Å². The van der Waals surface area contributed by atoms with Crippen molar-refractivity contribution in [2.24, 2.45) is 0 Å². The molecule has 4 rings (SSSR count). The molecule has 0 radical (unpaired) electrons. The number of aryl methyl sites for hydroxylation is 1. The van der Waals surface area contributed by atoms with Crippen molar-refractivity contribution < 1.29 is 8.78 Å². The van der Waals surface area contributed by atoms with Crippen LogP contribution < -0.4 is 0 Å². The molecule has 23 heavy (non-hydrogen) atoms. The average molecular weight is 310 g/mol. The number of rotatable bonds is 2. The lowest BCUT2D eigenvalue weighted by atomic mass is 9.89. The SMILES string of the molecule is Fc1ccc(C2CCCc3cncn32)c(-c2ccccc2F)c1. The first-order chi connectivity index (χ1) is 11.2. The molecule has 1 atom stereocenters. The minimum absolute atomic E-state index is 0.0662. The monoisotopic (exact) mass is 310 g/mol. The Morgan fingerprint density at radius 3 is 2.78 bits per heavy atom. The third kappa shape index (κ3) is 2.44. The summed E-state index contributed by atoms with van der Waals surface area (Å²) in [5.74, 6) is -0.685. The number of imidazole rings is 1. The summed E-state index contributed by atoms with van der Waals surface area (Å²) >= 11 is 0. The van der Waals surface area contributed by atoms with Crippen molar-refractivity contribution in [2.75, 3.05) is 0 Å². The Bertz CT molecular complexity index is 854. The highest BCUT2D eigenvalue weighted by Crippen LogP contribution is 2.37. The summed E-state index contributed by atoms with van der Waals surface area (Å²) in [6.07, 6.45) is 6.67. The number of benzene rings is 2. The van der Waals surface area contributed by atoms with E-state index < -0.39 is 0 Å². The van der Waals surface area contributed by atoms with Gasteiger partial charge in [0.15, 0.2) is 0 Å². The molecule has 0 saturated heterocycles. The summed E-state index contributed by atoms with van der Waals surface area (Å²) < 4.78 is 30.2. The van der Waals surface area contributed by atoms with Crippen LogP contribution in [0.5, 0.6) is 0 Å². The zero-order valence-electron chi connectivity index (χ0n) is 12.5. The topological polar surface area (TPSA) is 17.8 Å². The molecule has 0 N–H and O–H groups in total. The minimum atomic E-state index is -0.353. The first-order valence-electron chi connectivity index (χ1n) is 7.79. The minimum Gasteiger partial charge on any atom is -0.327 e. The molecule has 0 spiro atoms. The van der Waals surface area contributed by atoms with Gasteiger partial charge < -0.3 is 4.57 Å². The van der Waals surface area contributed by atoms with E-state index in [-0.39, 0.29) is 17.7 Å². The summed E-state index contributed by atoms with van der Waals surface area (Å²) in [7, 11) is 0. The fraction of sp³-hybridized carbons (Fsp3) is 0.211. The fourth-order valence-corrected chi connectivity index (χ4v) is 3.46. The molecule has 0 amide bonds. The summed E-state index contributed by atoms with van der Waals surface area (Å²) in [4.78, 5) is 4.23. The molecule has 1 aliphatic rings. The van der Waals surface area contributed by atoms with Crippen LogP contribution in [0.2, 0.25) is 0 Å².